The highest BCUT2D eigenvalue weighted by Crippen LogP contribution is 2.37. The molecule has 1 aromatic heterocycles. The second-order valence-corrected chi connectivity index (χ2v) is 5.49. The first-order valence-electron chi connectivity index (χ1n) is 4.99. The van der Waals surface area contributed by atoms with Crippen LogP contribution < -0.4 is 5.73 Å². The summed E-state index contributed by atoms with van der Waals surface area (Å²) in [4.78, 5) is 8.20. The number of halogens is 4. The Bertz CT molecular complexity index is 587. The molecule has 0 atom stereocenters. The summed E-state index contributed by atoms with van der Waals surface area (Å²) in [6.45, 7) is 0. The van der Waals surface area contributed by atoms with Gasteiger partial charge in [-0.05, 0) is 39.8 Å². The van der Waals surface area contributed by atoms with E-state index in [0.29, 0.717) is 15.9 Å². The van der Waals surface area contributed by atoms with Crippen LogP contribution in [-0.4, -0.2) is 15.5 Å². The third-order valence-electron chi connectivity index (χ3n) is 2.12. The average Bonchev–Trinajstić information content (AvgIpc) is 2.32. The number of aromatic nitrogens is 2. The fourth-order valence-electron chi connectivity index (χ4n) is 1.33. The van der Waals surface area contributed by atoms with Crippen molar-refractivity contribution in [2.45, 2.75) is 10.4 Å². The average molecular weight is 350 g/mol. The van der Waals surface area contributed by atoms with Gasteiger partial charge in [-0.3, -0.25) is 0 Å². The fraction of sp³-hybridized carbons (Fsp3) is 0.0909. The SMILES string of the molecule is Nc1nc(-c2ccc(SC(F)(F)F)cc2)ncc1Br. The normalized spacial score (nSPS) is 11.6. The van der Waals surface area contributed by atoms with Crippen LogP contribution in [0.3, 0.4) is 0 Å². The van der Waals surface area contributed by atoms with Crippen LogP contribution in [0.2, 0.25) is 0 Å². The molecule has 2 N–H and O–H groups in total. The van der Waals surface area contributed by atoms with Gasteiger partial charge in [0.15, 0.2) is 5.82 Å². The molecule has 0 saturated heterocycles. The lowest BCUT2D eigenvalue weighted by molar-refractivity contribution is -0.0328. The van der Waals surface area contributed by atoms with Gasteiger partial charge < -0.3 is 5.73 Å². The summed E-state index contributed by atoms with van der Waals surface area (Å²) in [6, 6.07) is 5.79. The van der Waals surface area contributed by atoms with E-state index in [4.69, 9.17) is 5.73 Å². The lowest BCUT2D eigenvalue weighted by Crippen LogP contribution is -1.99. The molecular weight excluding hydrogens is 343 g/mol. The van der Waals surface area contributed by atoms with E-state index in [-0.39, 0.29) is 22.5 Å². The molecule has 2 rings (SSSR count). The maximum Gasteiger partial charge on any atom is 0.446 e. The van der Waals surface area contributed by atoms with Gasteiger partial charge >= 0.3 is 5.51 Å². The van der Waals surface area contributed by atoms with E-state index in [9.17, 15) is 13.2 Å². The largest absolute Gasteiger partial charge is 0.446 e. The van der Waals surface area contributed by atoms with Crippen molar-refractivity contribution in [3.05, 3.63) is 34.9 Å². The van der Waals surface area contributed by atoms with Gasteiger partial charge in [0.05, 0.1) is 4.47 Å². The van der Waals surface area contributed by atoms with Crippen molar-refractivity contribution in [3.63, 3.8) is 0 Å². The minimum Gasteiger partial charge on any atom is -0.383 e. The van der Waals surface area contributed by atoms with Crippen molar-refractivity contribution in [3.8, 4) is 11.4 Å². The van der Waals surface area contributed by atoms with Crippen LogP contribution in [0.5, 0.6) is 0 Å². The lowest BCUT2D eigenvalue weighted by Gasteiger charge is -2.06. The van der Waals surface area contributed by atoms with Crippen LogP contribution in [-0.2, 0) is 0 Å². The summed E-state index contributed by atoms with van der Waals surface area (Å²) >= 11 is 3.01. The van der Waals surface area contributed by atoms with E-state index in [1.54, 1.807) is 0 Å². The van der Waals surface area contributed by atoms with Gasteiger partial charge in [-0.15, -0.1) is 0 Å². The van der Waals surface area contributed by atoms with Crippen LogP contribution in [0, 0.1) is 0 Å². The minimum absolute atomic E-state index is 0.112. The summed E-state index contributed by atoms with van der Waals surface area (Å²) in [6.07, 6.45) is 1.50. The number of hydrogen-bond acceptors (Lipinski definition) is 4. The molecular formula is C11H7BrF3N3S. The topological polar surface area (TPSA) is 51.8 Å². The predicted octanol–water partition coefficient (Wildman–Crippen LogP) is 4.10. The fourth-order valence-corrected chi connectivity index (χ4v) is 2.06. The Labute approximate surface area is 119 Å². The monoisotopic (exact) mass is 349 g/mol. The predicted molar refractivity (Wildman–Crippen MR) is 71.5 cm³/mol. The number of nitrogens with zero attached hydrogens (tertiary/aromatic N) is 2. The van der Waals surface area contributed by atoms with E-state index in [1.807, 2.05) is 0 Å². The number of nitrogen functional groups attached to an aromatic ring is 1. The molecule has 0 spiro atoms. The summed E-state index contributed by atoms with van der Waals surface area (Å²) < 4.78 is 37.1. The van der Waals surface area contributed by atoms with Gasteiger partial charge in [0.25, 0.3) is 0 Å². The molecule has 1 aromatic carbocycles. The third kappa shape index (κ3) is 3.84. The van der Waals surface area contributed by atoms with Gasteiger partial charge in [0.2, 0.25) is 0 Å². The Morgan fingerprint density at radius 2 is 1.79 bits per heavy atom. The molecule has 2 aromatic rings. The van der Waals surface area contributed by atoms with Crippen LogP contribution in [0.25, 0.3) is 11.4 Å². The molecule has 0 aliphatic carbocycles. The van der Waals surface area contributed by atoms with Crippen molar-refractivity contribution >= 4 is 33.5 Å². The van der Waals surface area contributed by atoms with Crippen LogP contribution in [0.4, 0.5) is 19.0 Å². The molecule has 19 heavy (non-hydrogen) atoms. The standard InChI is InChI=1S/C11H7BrF3N3S/c12-8-5-17-10(18-9(8)16)6-1-3-7(4-2-6)19-11(13,14)15/h1-5H,(H2,16,17,18). The molecule has 0 radical (unpaired) electrons. The number of alkyl halides is 3. The Morgan fingerprint density at radius 3 is 2.32 bits per heavy atom. The highest BCUT2D eigenvalue weighted by Gasteiger charge is 2.29. The highest BCUT2D eigenvalue weighted by molar-refractivity contribution is 9.10. The molecule has 8 heteroatoms. The van der Waals surface area contributed by atoms with Crippen molar-refractivity contribution < 1.29 is 13.2 Å². The van der Waals surface area contributed by atoms with Gasteiger partial charge in [-0.1, -0.05) is 12.1 Å². The molecule has 0 aliphatic heterocycles. The number of hydrogen-bond donors (Lipinski definition) is 1. The zero-order chi connectivity index (χ0) is 14.0. The van der Waals surface area contributed by atoms with E-state index in [2.05, 4.69) is 25.9 Å². The summed E-state index contributed by atoms with van der Waals surface area (Å²) in [5.74, 6) is 0.642. The number of benzene rings is 1. The van der Waals surface area contributed by atoms with Crippen molar-refractivity contribution in [1.82, 2.24) is 9.97 Å². The van der Waals surface area contributed by atoms with Gasteiger partial charge in [0.1, 0.15) is 5.82 Å². The lowest BCUT2D eigenvalue weighted by atomic mass is 10.2. The van der Waals surface area contributed by atoms with E-state index >= 15 is 0 Å². The molecule has 0 saturated carbocycles. The van der Waals surface area contributed by atoms with Crippen LogP contribution in [0.1, 0.15) is 0 Å². The maximum absolute atomic E-state index is 12.2. The molecule has 3 nitrogen and oxygen atoms in total. The molecule has 0 bridgehead atoms. The quantitative estimate of drug-likeness (QED) is 0.829. The summed E-state index contributed by atoms with van der Waals surface area (Å²) in [7, 11) is 0. The summed E-state index contributed by atoms with van der Waals surface area (Å²) in [5.41, 5.74) is 1.93. The number of anilines is 1. The summed E-state index contributed by atoms with van der Waals surface area (Å²) in [5, 5.41) is 0. The first-order valence-corrected chi connectivity index (χ1v) is 6.60. The van der Waals surface area contributed by atoms with Crippen molar-refractivity contribution in [2.24, 2.45) is 0 Å². The van der Waals surface area contributed by atoms with Gasteiger partial charge in [-0.25, -0.2) is 9.97 Å². The second-order valence-electron chi connectivity index (χ2n) is 3.50. The number of thioether (sulfide) groups is 1. The molecule has 0 aliphatic rings. The molecule has 0 fully saturated rings. The van der Waals surface area contributed by atoms with E-state index < -0.39 is 5.51 Å². The molecule has 100 valence electrons. The van der Waals surface area contributed by atoms with Gasteiger partial charge in [-0.2, -0.15) is 13.2 Å². The Kier molecular flexibility index (Phi) is 4.00. The van der Waals surface area contributed by atoms with Crippen LogP contribution in [0.15, 0.2) is 39.8 Å². The van der Waals surface area contributed by atoms with Crippen molar-refractivity contribution in [1.29, 1.82) is 0 Å². The zero-order valence-electron chi connectivity index (χ0n) is 9.28. The zero-order valence-corrected chi connectivity index (χ0v) is 11.7. The van der Waals surface area contributed by atoms with Crippen LogP contribution >= 0.6 is 27.7 Å². The highest BCUT2D eigenvalue weighted by atomic mass is 79.9. The van der Waals surface area contributed by atoms with E-state index in [1.165, 1.54) is 30.5 Å². The smallest absolute Gasteiger partial charge is 0.383 e. The Morgan fingerprint density at radius 1 is 1.16 bits per heavy atom. The molecule has 0 amide bonds. The molecule has 0 unspecified atom stereocenters. The Balaban J connectivity index is 2.25. The first-order chi connectivity index (χ1) is 8.85. The van der Waals surface area contributed by atoms with Gasteiger partial charge in [0, 0.05) is 16.7 Å². The van der Waals surface area contributed by atoms with E-state index in [0.717, 1.165) is 0 Å². The second kappa shape index (κ2) is 5.38. The van der Waals surface area contributed by atoms with Crippen molar-refractivity contribution in [2.75, 3.05) is 5.73 Å². The Hall–Kier alpha value is -1.28. The maximum atomic E-state index is 12.2. The number of rotatable bonds is 2. The first kappa shape index (κ1) is 14.1. The minimum atomic E-state index is -4.29. The number of nitrogens with two attached hydrogens (primary N) is 1. The third-order valence-corrected chi connectivity index (χ3v) is 3.47. The molecule has 1 heterocycles.